The molecule has 96 valence electrons. The number of alkyl halides is 1. The van der Waals surface area contributed by atoms with Crippen LogP contribution in [0, 0.1) is 0 Å². The molecule has 0 aromatic carbocycles. The first kappa shape index (κ1) is 12.9. The summed E-state index contributed by atoms with van der Waals surface area (Å²) in [4.78, 5) is 2.18. The molecule has 7 heteroatoms. The molecule has 2 heterocycles. The topological polar surface area (TPSA) is 54.8 Å². The molecule has 0 spiro atoms. The van der Waals surface area contributed by atoms with Crippen molar-refractivity contribution in [3.8, 4) is 5.88 Å². The fourth-order valence-corrected chi connectivity index (χ4v) is 2.29. The predicted octanol–water partition coefficient (Wildman–Crippen LogP) is 0.958. The molecule has 1 fully saturated rings. The lowest BCUT2D eigenvalue weighted by atomic mass is 10.4. The lowest BCUT2D eigenvalue weighted by molar-refractivity contribution is 0.117. The lowest BCUT2D eigenvalue weighted by Gasteiger charge is -2.28. The van der Waals surface area contributed by atoms with E-state index in [-0.39, 0.29) is 12.5 Å². The van der Waals surface area contributed by atoms with Crippen LogP contribution in [0.25, 0.3) is 0 Å². The Bertz CT molecular complexity index is 344. The summed E-state index contributed by atoms with van der Waals surface area (Å²) in [5, 5.41) is 11.3. The molecule has 1 aromatic rings. The number of aliphatic hydroxyl groups is 1. The first-order valence-corrected chi connectivity index (χ1v) is 6.82. The third kappa shape index (κ3) is 3.45. The summed E-state index contributed by atoms with van der Waals surface area (Å²) >= 11 is 6.85. The van der Waals surface area contributed by atoms with Gasteiger partial charge in [-0.05, 0) is 11.5 Å². The monoisotopic (exact) mass is 278 g/mol. The molecule has 0 saturated carbocycles. The van der Waals surface area contributed by atoms with Crippen molar-refractivity contribution < 1.29 is 14.6 Å². The number of rotatable bonds is 5. The average Bonchev–Trinajstić information content (AvgIpc) is 2.85. The summed E-state index contributed by atoms with van der Waals surface area (Å²) in [5.74, 6) is 0.734. The Morgan fingerprint density at radius 1 is 1.59 bits per heavy atom. The van der Waals surface area contributed by atoms with E-state index >= 15 is 0 Å². The van der Waals surface area contributed by atoms with Crippen LogP contribution in [0.5, 0.6) is 5.88 Å². The minimum atomic E-state index is -0.657. The van der Waals surface area contributed by atoms with E-state index in [1.165, 1.54) is 11.5 Å². The van der Waals surface area contributed by atoms with Crippen molar-refractivity contribution in [3.63, 3.8) is 0 Å². The van der Waals surface area contributed by atoms with Crippen LogP contribution in [0.15, 0.2) is 5.38 Å². The molecule has 1 aromatic heterocycles. The Morgan fingerprint density at radius 2 is 2.35 bits per heavy atom. The summed E-state index contributed by atoms with van der Waals surface area (Å²) in [6, 6.07) is 0. The number of hydrogen-bond donors (Lipinski definition) is 1. The highest BCUT2D eigenvalue weighted by Crippen LogP contribution is 2.29. The molecule has 0 aliphatic carbocycles. The second-order valence-corrected chi connectivity index (χ2v) is 4.66. The van der Waals surface area contributed by atoms with Gasteiger partial charge in [-0.25, -0.2) is 0 Å². The first-order valence-electron chi connectivity index (χ1n) is 5.45. The van der Waals surface area contributed by atoms with Crippen LogP contribution in [-0.4, -0.2) is 54.4 Å². The zero-order valence-corrected chi connectivity index (χ0v) is 10.9. The van der Waals surface area contributed by atoms with Gasteiger partial charge in [0.2, 0.25) is 5.88 Å². The molecule has 0 bridgehead atoms. The van der Waals surface area contributed by atoms with Crippen molar-refractivity contribution in [1.29, 1.82) is 0 Å². The van der Waals surface area contributed by atoms with E-state index in [0.29, 0.717) is 5.88 Å². The van der Waals surface area contributed by atoms with Gasteiger partial charge in [0.05, 0.1) is 19.1 Å². The second-order valence-electron chi connectivity index (χ2n) is 3.72. The van der Waals surface area contributed by atoms with Gasteiger partial charge in [-0.1, -0.05) is 0 Å². The Balaban J connectivity index is 1.95. The quantitative estimate of drug-likeness (QED) is 0.813. The SMILES string of the molecule is OC(CCl)COc1nscc1N1CCOCC1. The average molecular weight is 279 g/mol. The maximum atomic E-state index is 9.34. The number of morpholine rings is 1. The molecular formula is C10H15ClN2O3S. The number of halogens is 1. The van der Waals surface area contributed by atoms with Gasteiger partial charge >= 0.3 is 0 Å². The van der Waals surface area contributed by atoms with E-state index in [1.807, 2.05) is 5.38 Å². The summed E-state index contributed by atoms with van der Waals surface area (Å²) in [6.07, 6.45) is -0.657. The number of nitrogens with zero attached hydrogens (tertiary/aromatic N) is 2. The standard InChI is InChI=1S/C10H15ClN2O3S/c11-5-8(14)6-16-10-9(7-17-12-10)13-1-3-15-4-2-13/h7-8,14H,1-6H2. The number of hydrogen-bond acceptors (Lipinski definition) is 6. The van der Waals surface area contributed by atoms with Gasteiger partial charge in [0.1, 0.15) is 18.4 Å². The van der Waals surface area contributed by atoms with Gasteiger partial charge in [0, 0.05) is 18.5 Å². The smallest absolute Gasteiger partial charge is 0.249 e. The highest BCUT2D eigenvalue weighted by molar-refractivity contribution is 7.04. The molecule has 5 nitrogen and oxygen atoms in total. The van der Waals surface area contributed by atoms with E-state index in [4.69, 9.17) is 21.1 Å². The Labute approximate surface area is 109 Å². The number of ether oxygens (including phenoxy) is 2. The first-order chi connectivity index (χ1) is 8.31. The largest absolute Gasteiger partial charge is 0.473 e. The maximum absolute atomic E-state index is 9.34. The van der Waals surface area contributed by atoms with Crippen molar-refractivity contribution in [1.82, 2.24) is 4.37 Å². The van der Waals surface area contributed by atoms with Gasteiger partial charge in [-0.15, -0.1) is 11.6 Å². The fourth-order valence-electron chi connectivity index (χ4n) is 1.56. The molecule has 1 atom stereocenters. The predicted molar refractivity (Wildman–Crippen MR) is 67.4 cm³/mol. The van der Waals surface area contributed by atoms with Gasteiger partial charge in [0.15, 0.2) is 0 Å². The minimum absolute atomic E-state index is 0.164. The maximum Gasteiger partial charge on any atom is 0.249 e. The van der Waals surface area contributed by atoms with Crippen LogP contribution in [0.1, 0.15) is 0 Å². The third-order valence-corrected chi connectivity index (χ3v) is 3.42. The third-order valence-electron chi connectivity index (χ3n) is 2.46. The van der Waals surface area contributed by atoms with Crippen molar-refractivity contribution in [2.45, 2.75) is 6.10 Å². The molecule has 1 unspecified atom stereocenters. The van der Waals surface area contributed by atoms with E-state index in [9.17, 15) is 5.11 Å². The molecule has 17 heavy (non-hydrogen) atoms. The molecule has 0 amide bonds. The van der Waals surface area contributed by atoms with Crippen LogP contribution in [0.3, 0.4) is 0 Å². The summed E-state index contributed by atoms with van der Waals surface area (Å²) < 4.78 is 14.9. The van der Waals surface area contributed by atoms with Crippen LogP contribution in [0.4, 0.5) is 5.69 Å². The summed E-state index contributed by atoms with van der Waals surface area (Å²) in [6.45, 7) is 3.30. The van der Waals surface area contributed by atoms with E-state index in [0.717, 1.165) is 32.0 Å². The molecular weight excluding hydrogens is 264 g/mol. The van der Waals surface area contributed by atoms with Gasteiger partial charge in [-0.2, -0.15) is 4.37 Å². The van der Waals surface area contributed by atoms with Crippen LogP contribution in [-0.2, 0) is 4.74 Å². The van der Waals surface area contributed by atoms with Crippen LogP contribution in [0.2, 0.25) is 0 Å². The Kier molecular flexibility index (Phi) is 4.85. The van der Waals surface area contributed by atoms with Gasteiger partial charge in [0.25, 0.3) is 0 Å². The summed E-state index contributed by atoms with van der Waals surface area (Å²) in [7, 11) is 0. The number of aromatic nitrogens is 1. The second kappa shape index (κ2) is 6.39. The molecule has 1 saturated heterocycles. The van der Waals surface area contributed by atoms with E-state index in [1.54, 1.807) is 0 Å². The molecule has 1 aliphatic heterocycles. The number of aliphatic hydroxyl groups excluding tert-OH is 1. The van der Waals surface area contributed by atoms with E-state index in [2.05, 4.69) is 9.27 Å². The van der Waals surface area contributed by atoms with Crippen molar-refractivity contribution in [2.24, 2.45) is 0 Å². The fraction of sp³-hybridized carbons (Fsp3) is 0.700. The highest BCUT2D eigenvalue weighted by Gasteiger charge is 2.18. The van der Waals surface area contributed by atoms with Gasteiger partial charge in [-0.3, -0.25) is 0 Å². The Hall–Kier alpha value is -0.560. The van der Waals surface area contributed by atoms with Crippen molar-refractivity contribution in [2.75, 3.05) is 43.7 Å². The van der Waals surface area contributed by atoms with E-state index < -0.39 is 6.10 Å². The highest BCUT2D eigenvalue weighted by atomic mass is 35.5. The summed E-state index contributed by atoms with van der Waals surface area (Å²) in [5.41, 5.74) is 0.972. The molecule has 1 N–H and O–H groups in total. The number of anilines is 1. The minimum Gasteiger partial charge on any atom is -0.473 e. The van der Waals surface area contributed by atoms with Crippen LogP contribution < -0.4 is 9.64 Å². The zero-order valence-electron chi connectivity index (χ0n) is 9.34. The Morgan fingerprint density at radius 3 is 3.06 bits per heavy atom. The lowest BCUT2D eigenvalue weighted by Crippen LogP contribution is -2.36. The zero-order chi connectivity index (χ0) is 12.1. The van der Waals surface area contributed by atoms with Crippen molar-refractivity contribution >= 4 is 28.8 Å². The molecule has 1 aliphatic rings. The normalized spacial score (nSPS) is 18.1. The molecule has 0 radical (unpaired) electrons. The van der Waals surface area contributed by atoms with Crippen LogP contribution >= 0.6 is 23.1 Å². The molecule has 2 rings (SSSR count). The van der Waals surface area contributed by atoms with Crippen molar-refractivity contribution in [3.05, 3.63) is 5.38 Å². The van der Waals surface area contributed by atoms with Gasteiger partial charge < -0.3 is 19.5 Å².